The molecule has 0 aromatic heterocycles. The topological polar surface area (TPSA) is 75.6 Å². The van der Waals surface area contributed by atoms with E-state index in [-0.39, 0.29) is 18.6 Å². The Bertz CT molecular complexity index is 238. The highest BCUT2D eigenvalue weighted by Gasteiger charge is 2.05. The third-order valence-electron chi connectivity index (χ3n) is 1.74. The van der Waals surface area contributed by atoms with Gasteiger partial charge in [-0.15, -0.1) is 0 Å². The van der Waals surface area contributed by atoms with Gasteiger partial charge in [-0.2, -0.15) is 0 Å². The number of carboxylic acids is 1. The lowest BCUT2D eigenvalue weighted by molar-refractivity contribution is -0.132. The third kappa shape index (κ3) is 7.54. The summed E-state index contributed by atoms with van der Waals surface area (Å²) in [6, 6.07) is 0. The molecular formula is C10H17NO4. The SMILES string of the molecule is C=C(CCOC(=O)NCCCC)C(=O)O. The van der Waals surface area contributed by atoms with Crippen molar-refractivity contribution >= 4 is 12.1 Å². The molecule has 5 nitrogen and oxygen atoms in total. The lowest BCUT2D eigenvalue weighted by Crippen LogP contribution is -2.25. The highest BCUT2D eigenvalue weighted by Crippen LogP contribution is 1.97. The van der Waals surface area contributed by atoms with E-state index >= 15 is 0 Å². The molecule has 0 unspecified atom stereocenters. The quantitative estimate of drug-likeness (QED) is 0.499. The van der Waals surface area contributed by atoms with Gasteiger partial charge in [-0.25, -0.2) is 9.59 Å². The zero-order valence-electron chi connectivity index (χ0n) is 8.91. The minimum Gasteiger partial charge on any atom is -0.478 e. The Morgan fingerprint density at radius 3 is 2.67 bits per heavy atom. The van der Waals surface area contributed by atoms with Crippen molar-refractivity contribution in [1.29, 1.82) is 0 Å². The Hall–Kier alpha value is -1.52. The normalized spacial score (nSPS) is 9.40. The van der Waals surface area contributed by atoms with Crippen LogP contribution in [-0.4, -0.2) is 30.3 Å². The maximum atomic E-state index is 11.0. The Morgan fingerprint density at radius 2 is 2.13 bits per heavy atom. The molecular weight excluding hydrogens is 198 g/mol. The van der Waals surface area contributed by atoms with Crippen molar-refractivity contribution in [3.05, 3.63) is 12.2 Å². The molecule has 0 aliphatic carbocycles. The molecule has 0 rings (SSSR count). The van der Waals surface area contributed by atoms with Gasteiger partial charge in [0.25, 0.3) is 0 Å². The maximum absolute atomic E-state index is 11.0. The van der Waals surface area contributed by atoms with Crippen molar-refractivity contribution < 1.29 is 19.4 Å². The van der Waals surface area contributed by atoms with E-state index in [0.29, 0.717) is 6.54 Å². The fourth-order valence-corrected chi connectivity index (χ4v) is 0.792. The lowest BCUT2D eigenvalue weighted by atomic mass is 10.2. The average molecular weight is 215 g/mol. The number of amides is 1. The second-order valence-electron chi connectivity index (χ2n) is 3.07. The van der Waals surface area contributed by atoms with E-state index < -0.39 is 12.1 Å². The molecule has 0 radical (unpaired) electrons. The van der Waals surface area contributed by atoms with E-state index in [1.807, 2.05) is 6.92 Å². The van der Waals surface area contributed by atoms with Gasteiger partial charge in [-0.05, 0) is 6.42 Å². The molecule has 0 bridgehead atoms. The number of unbranched alkanes of at least 4 members (excludes halogenated alkanes) is 1. The molecule has 0 aliphatic rings. The molecule has 0 aromatic rings. The van der Waals surface area contributed by atoms with Gasteiger partial charge in [0.1, 0.15) is 0 Å². The third-order valence-corrected chi connectivity index (χ3v) is 1.74. The first-order valence-electron chi connectivity index (χ1n) is 4.89. The van der Waals surface area contributed by atoms with E-state index in [4.69, 9.17) is 9.84 Å². The summed E-state index contributed by atoms with van der Waals surface area (Å²) in [5.41, 5.74) is 0.0383. The maximum Gasteiger partial charge on any atom is 0.407 e. The minimum atomic E-state index is -1.06. The number of ether oxygens (including phenoxy) is 1. The van der Waals surface area contributed by atoms with E-state index in [0.717, 1.165) is 12.8 Å². The molecule has 0 spiro atoms. The monoisotopic (exact) mass is 215 g/mol. The van der Waals surface area contributed by atoms with Crippen molar-refractivity contribution in [2.75, 3.05) is 13.2 Å². The van der Waals surface area contributed by atoms with Crippen molar-refractivity contribution in [3.63, 3.8) is 0 Å². The van der Waals surface area contributed by atoms with Crippen molar-refractivity contribution in [3.8, 4) is 0 Å². The van der Waals surface area contributed by atoms with Crippen LogP contribution in [0.4, 0.5) is 4.79 Å². The first-order valence-corrected chi connectivity index (χ1v) is 4.89. The molecule has 15 heavy (non-hydrogen) atoms. The van der Waals surface area contributed by atoms with Gasteiger partial charge in [-0.3, -0.25) is 0 Å². The van der Waals surface area contributed by atoms with E-state index in [9.17, 15) is 9.59 Å². The number of alkyl carbamates (subject to hydrolysis) is 1. The van der Waals surface area contributed by atoms with Crippen LogP contribution in [0.3, 0.4) is 0 Å². The molecule has 5 heteroatoms. The highest BCUT2D eigenvalue weighted by atomic mass is 16.5. The molecule has 0 atom stereocenters. The van der Waals surface area contributed by atoms with Crippen LogP contribution in [0.5, 0.6) is 0 Å². The van der Waals surface area contributed by atoms with Crippen LogP contribution in [-0.2, 0) is 9.53 Å². The summed E-state index contributed by atoms with van der Waals surface area (Å²) in [5.74, 6) is -1.06. The number of aliphatic carboxylic acids is 1. The summed E-state index contributed by atoms with van der Waals surface area (Å²) in [6.07, 6.45) is 1.53. The molecule has 1 amide bonds. The number of hydrogen-bond donors (Lipinski definition) is 2. The van der Waals surface area contributed by atoms with Crippen LogP contribution in [0.25, 0.3) is 0 Å². The second kappa shape index (κ2) is 7.84. The van der Waals surface area contributed by atoms with E-state index in [1.54, 1.807) is 0 Å². The summed E-state index contributed by atoms with van der Waals surface area (Å²) in [4.78, 5) is 21.3. The Balaban J connectivity index is 3.47. The molecule has 0 aromatic carbocycles. The van der Waals surface area contributed by atoms with Crippen LogP contribution < -0.4 is 5.32 Å². The molecule has 0 saturated heterocycles. The van der Waals surface area contributed by atoms with Crippen LogP contribution >= 0.6 is 0 Å². The van der Waals surface area contributed by atoms with Gasteiger partial charge < -0.3 is 15.2 Å². The van der Waals surface area contributed by atoms with Gasteiger partial charge in [0.15, 0.2) is 0 Å². The summed E-state index contributed by atoms with van der Waals surface area (Å²) in [5, 5.41) is 11.0. The van der Waals surface area contributed by atoms with Crippen molar-refractivity contribution in [1.82, 2.24) is 5.32 Å². The zero-order valence-corrected chi connectivity index (χ0v) is 8.91. The standard InChI is InChI=1S/C10H17NO4/c1-3-4-6-11-10(14)15-7-5-8(2)9(12)13/h2-7H2,1H3,(H,11,14)(H,12,13). The summed E-state index contributed by atoms with van der Waals surface area (Å²) >= 11 is 0. The summed E-state index contributed by atoms with van der Waals surface area (Å²) in [7, 11) is 0. The number of nitrogens with one attached hydrogen (secondary N) is 1. The van der Waals surface area contributed by atoms with Gasteiger partial charge in [0.05, 0.1) is 6.61 Å². The second-order valence-corrected chi connectivity index (χ2v) is 3.07. The number of carboxylic acid groups (broad SMARTS) is 1. The number of rotatable bonds is 7. The van der Waals surface area contributed by atoms with Gasteiger partial charge in [-0.1, -0.05) is 19.9 Å². The van der Waals surface area contributed by atoms with Crippen LogP contribution in [0.2, 0.25) is 0 Å². The predicted octanol–water partition coefficient (Wildman–Crippen LogP) is 1.54. The van der Waals surface area contributed by atoms with Crippen molar-refractivity contribution in [2.24, 2.45) is 0 Å². The van der Waals surface area contributed by atoms with Gasteiger partial charge in [0.2, 0.25) is 0 Å². The minimum absolute atomic E-state index is 0.0383. The largest absolute Gasteiger partial charge is 0.478 e. The number of carbonyl (C=O) groups excluding carboxylic acids is 1. The first-order chi connectivity index (χ1) is 7.07. The Kier molecular flexibility index (Phi) is 7.05. The molecule has 0 fully saturated rings. The summed E-state index contributed by atoms with van der Waals surface area (Å²) < 4.78 is 4.74. The first kappa shape index (κ1) is 13.5. The molecule has 0 heterocycles. The van der Waals surface area contributed by atoms with Gasteiger partial charge in [0, 0.05) is 18.5 Å². The molecule has 0 aliphatic heterocycles. The molecule has 2 N–H and O–H groups in total. The highest BCUT2D eigenvalue weighted by molar-refractivity contribution is 5.85. The Morgan fingerprint density at radius 1 is 1.47 bits per heavy atom. The molecule has 0 saturated carbocycles. The smallest absolute Gasteiger partial charge is 0.407 e. The van der Waals surface area contributed by atoms with Crippen molar-refractivity contribution in [2.45, 2.75) is 26.2 Å². The fraction of sp³-hybridized carbons (Fsp3) is 0.600. The lowest BCUT2D eigenvalue weighted by Gasteiger charge is -2.05. The van der Waals surface area contributed by atoms with E-state index in [2.05, 4.69) is 11.9 Å². The van der Waals surface area contributed by atoms with Crippen LogP contribution in [0.15, 0.2) is 12.2 Å². The fourth-order valence-electron chi connectivity index (χ4n) is 0.792. The van der Waals surface area contributed by atoms with E-state index in [1.165, 1.54) is 0 Å². The predicted molar refractivity (Wildman–Crippen MR) is 55.7 cm³/mol. The molecule has 86 valence electrons. The summed E-state index contributed by atoms with van der Waals surface area (Å²) in [6.45, 7) is 5.96. The van der Waals surface area contributed by atoms with Crippen LogP contribution in [0, 0.1) is 0 Å². The zero-order chi connectivity index (χ0) is 11.7. The van der Waals surface area contributed by atoms with Crippen LogP contribution in [0.1, 0.15) is 26.2 Å². The number of hydrogen-bond acceptors (Lipinski definition) is 3. The van der Waals surface area contributed by atoms with Gasteiger partial charge >= 0.3 is 12.1 Å². The Labute approximate surface area is 89.1 Å². The average Bonchev–Trinajstić information content (AvgIpc) is 2.18. The number of carbonyl (C=O) groups is 2.